The van der Waals surface area contributed by atoms with E-state index >= 15 is 0 Å². The average Bonchev–Trinajstić information content (AvgIpc) is 3.39. The molecule has 3 amide bonds. The lowest BCUT2D eigenvalue weighted by Gasteiger charge is -2.29. The molecule has 2 atom stereocenters. The highest BCUT2D eigenvalue weighted by molar-refractivity contribution is 6.05. The number of benzene rings is 1. The van der Waals surface area contributed by atoms with Gasteiger partial charge in [0.25, 0.3) is 5.91 Å². The Labute approximate surface area is 173 Å². The number of piperidine rings is 1. The summed E-state index contributed by atoms with van der Waals surface area (Å²) in [6.07, 6.45) is 4.49. The quantitative estimate of drug-likeness (QED) is 0.729. The van der Waals surface area contributed by atoms with E-state index in [2.05, 4.69) is 20.6 Å². The Balaban J connectivity index is 1.37. The molecule has 2 unspecified atom stereocenters. The second-order valence-electron chi connectivity index (χ2n) is 7.94. The summed E-state index contributed by atoms with van der Waals surface area (Å²) >= 11 is 0. The molecule has 3 aliphatic rings. The molecule has 9 nitrogen and oxygen atoms in total. The van der Waals surface area contributed by atoms with Crippen LogP contribution in [0.4, 0.5) is 0 Å². The molecule has 0 bridgehead atoms. The van der Waals surface area contributed by atoms with Crippen molar-refractivity contribution in [3.63, 3.8) is 0 Å². The Morgan fingerprint density at radius 3 is 2.70 bits per heavy atom. The number of hydrogen-bond donors (Lipinski definition) is 2. The summed E-state index contributed by atoms with van der Waals surface area (Å²) in [5.74, 6) is -0.843. The summed E-state index contributed by atoms with van der Waals surface area (Å²) in [7, 11) is 3.87. The van der Waals surface area contributed by atoms with E-state index in [1.807, 2.05) is 50.8 Å². The van der Waals surface area contributed by atoms with Crippen molar-refractivity contribution in [2.45, 2.75) is 31.6 Å². The van der Waals surface area contributed by atoms with Crippen LogP contribution in [0.15, 0.2) is 36.7 Å². The maximum atomic E-state index is 12.9. The Kier molecular flexibility index (Phi) is 4.12. The van der Waals surface area contributed by atoms with E-state index in [4.69, 9.17) is 0 Å². The summed E-state index contributed by atoms with van der Waals surface area (Å²) in [5.41, 5.74) is 4.33. The fourth-order valence-corrected chi connectivity index (χ4v) is 4.33. The van der Waals surface area contributed by atoms with E-state index in [1.54, 1.807) is 9.58 Å². The van der Waals surface area contributed by atoms with Gasteiger partial charge in [-0.25, -0.2) is 0 Å². The van der Waals surface area contributed by atoms with Crippen LogP contribution in [0.2, 0.25) is 0 Å². The van der Waals surface area contributed by atoms with Crippen molar-refractivity contribution < 1.29 is 14.4 Å². The smallest absolute Gasteiger partial charge is 0.255 e. The van der Waals surface area contributed by atoms with Crippen molar-refractivity contribution in [2.75, 3.05) is 7.05 Å². The van der Waals surface area contributed by atoms with E-state index in [0.29, 0.717) is 18.5 Å². The summed E-state index contributed by atoms with van der Waals surface area (Å²) in [5, 5.41) is 10.3. The maximum absolute atomic E-state index is 12.9. The van der Waals surface area contributed by atoms with E-state index in [9.17, 15) is 14.4 Å². The lowest BCUT2D eigenvalue weighted by atomic mass is 10.0. The van der Waals surface area contributed by atoms with Crippen LogP contribution in [0, 0.1) is 0 Å². The number of aryl methyl sites for hydroxylation is 1. The molecule has 2 N–H and O–H groups in total. The van der Waals surface area contributed by atoms with Gasteiger partial charge in [-0.2, -0.15) is 5.10 Å². The summed E-state index contributed by atoms with van der Waals surface area (Å²) in [6, 6.07) is 7.10. The van der Waals surface area contributed by atoms with Gasteiger partial charge in [0.15, 0.2) is 0 Å². The van der Waals surface area contributed by atoms with E-state index in [1.165, 1.54) is 0 Å². The Morgan fingerprint density at radius 1 is 1.13 bits per heavy atom. The van der Waals surface area contributed by atoms with Crippen LogP contribution in [0.5, 0.6) is 0 Å². The van der Waals surface area contributed by atoms with Crippen molar-refractivity contribution in [3.05, 3.63) is 59.0 Å². The molecule has 154 valence electrons. The number of hydrogen-bond acceptors (Lipinski definition) is 6. The van der Waals surface area contributed by atoms with E-state index in [-0.39, 0.29) is 24.4 Å². The van der Waals surface area contributed by atoms with Gasteiger partial charge in [0.2, 0.25) is 11.8 Å². The first-order valence-electron chi connectivity index (χ1n) is 9.88. The Hall–Kier alpha value is -3.62. The average molecular weight is 406 g/mol. The predicted octanol–water partition coefficient (Wildman–Crippen LogP) is 0.713. The van der Waals surface area contributed by atoms with Crippen molar-refractivity contribution in [1.82, 2.24) is 30.2 Å². The van der Waals surface area contributed by atoms with Crippen LogP contribution in [0.1, 0.15) is 46.2 Å². The zero-order valence-electron chi connectivity index (χ0n) is 16.8. The van der Waals surface area contributed by atoms with E-state index in [0.717, 1.165) is 22.5 Å². The second-order valence-corrected chi connectivity index (χ2v) is 7.94. The first kappa shape index (κ1) is 18.4. The van der Waals surface area contributed by atoms with Crippen LogP contribution >= 0.6 is 0 Å². The molecular weight excluding hydrogens is 384 g/mol. The van der Waals surface area contributed by atoms with Gasteiger partial charge in [-0.05, 0) is 35.7 Å². The third kappa shape index (κ3) is 2.94. The largest absolute Gasteiger partial charge is 0.358 e. The minimum Gasteiger partial charge on any atom is -0.358 e. The van der Waals surface area contributed by atoms with Gasteiger partial charge >= 0.3 is 0 Å². The van der Waals surface area contributed by atoms with Crippen LogP contribution in [0.3, 0.4) is 0 Å². The monoisotopic (exact) mass is 406 g/mol. The first-order chi connectivity index (χ1) is 14.4. The zero-order chi connectivity index (χ0) is 21.0. The number of rotatable bonds is 3. The van der Waals surface area contributed by atoms with Gasteiger partial charge in [-0.3, -0.25) is 24.4 Å². The fourth-order valence-electron chi connectivity index (χ4n) is 4.33. The minimum absolute atomic E-state index is 0.0592. The summed E-state index contributed by atoms with van der Waals surface area (Å²) in [4.78, 5) is 40.1. The summed E-state index contributed by atoms with van der Waals surface area (Å²) in [6.45, 7) is 0.362. The second kappa shape index (κ2) is 6.72. The summed E-state index contributed by atoms with van der Waals surface area (Å²) < 4.78 is 1.77. The molecule has 1 aromatic heterocycles. The molecule has 3 aliphatic heterocycles. The fraction of sp³-hybridized carbons (Fsp3) is 0.333. The molecule has 0 aliphatic carbocycles. The van der Waals surface area contributed by atoms with Crippen LogP contribution in [0.25, 0.3) is 5.70 Å². The highest BCUT2D eigenvalue weighted by Gasteiger charge is 2.39. The number of fused-ring (bicyclic) bond motifs is 1. The number of carbonyl (C=O) groups excluding carboxylic acids is 3. The van der Waals surface area contributed by atoms with Gasteiger partial charge < -0.3 is 15.1 Å². The van der Waals surface area contributed by atoms with Gasteiger partial charge in [-0.1, -0.05) is 6.07 Å². The zero-order valence-corrected chi connectivity index (χ0v) is 16.8. The number of imide groups is 1. The Bertz CT molecular complexity index is 1100. The number of amides is 3. The third-order valence-corrected chi connectivity index (χ3v) is 5.88. The molecule has 0 spiro atoms. The van der Waals surface area contributed by atoms with Gasteiger partial charge in [0, 0.05) is 45.0 Å². The SMILES string of the molecule is CN1C=C(c2ccc3c(c2)CN(C2CCC(=O)NC2=O)C3=O)NC1c1ccn(C)n1. The minimum atomic E-state index is -0.602. The van der Waals surface area contributed by atoms with Crippen LogP contribution < -0.4 is 10.6 Å². The maximum Gasteiger partial charge on any atom is 0.255 e. The lowest BCUT2D eigenvalue weighted by molar-refractivity contribution is -0.136. The molecule has 5 rings (SSSR count). The molecule has 1 saturated heterocycles. The Morgan fingerprint density at radius 2 is 1.97 bits per heavy atom. The molecule has 1 fully saturated rings. The van der Waals surface area contributed by atoms with Crippen molar-refractivity contribution in [1.29, 1.82) is 0 Å². The topological polar surface area (TPSA) is 99.6 Å². The normalized spacial score (nSPS) is 23.4. The predicted molar refractivity (Wildman–Crippen MR) is 107 cm³/mol. The van der Waals surface area contributed by atoms with Crippen LogP contribution in [-0.4, -0.2) is 50.4 Å². The molecule has 30 heavy (non-hydrogen) atoms. The van der Waals surface area contributed by atoms with E-state index < -0.39 is 11.9 Å². The molecule has 1 aromatic carbocycles. The number of nitrogens with zero attached hydrogens (tertiary/aromatic N) is 4. The molecule has 2 aromatic rings. The highest BCUT2D eigenvalue weighted by Crippen LogP contribution is 2.32. The molecular formula is C21H22N6O3. The number of nitrogens with one attached hydrogen (secondary N) is 2. The van der Waals surface area contributed by atoms with Crippen molar-refractivity contribution >= 4 is 23.4 Å². The van der Waals surface area contributed by atoms with Gasteiger partial charge in [-0.15, -0.1) is 0 Å². The third-order valence-electron chi connectivity index (χ3n) is 5.88. The van der Waals surface area contributed by atoms with Crippen molar-refractivity contribution in [3.8, 4) is 0 Å². The highest BCUT2D eigenvalue weighted by atomic mass is 16.2. The molecule has 0 saturated carbocycles. The molecule has 0 radical (unpaired) electrons. The van der Waals surface area contributed by atoms with Gasteiger partial charge in [0.1, 0.15) is 17.9 Å². The first-order valence-corrected chi connectivity index (χ1v) is 9.88. The molecule has 4 heterocycles. The van der Waals surface area contributed by atoms with Crippen LogP contribution in [-0.2, 0) is 23.2 Å². The molecule has 9 heteroatoms. The van der Waals surface area contributed by atoms with Gasteiger partial charge in [0.05, 0.1) is 5.70 Å². The number of carbonyl (C=O) groups is 3. The lowest BCUT2D eigenvalue weighted by Crippen LogP contribution is -2.52. The standard InChI is InChI=1S/C21H22N6O3/c1-25-11-16(22-19(25)15-7-8-26(2)24-15)12-3-4-14-13(9-12)10-27(21(14)30)17-5-6-18(28)23-20(17)29/h3-4,7-9,11,17,19,22H,5-6,10H2,1-2H3,(H,23,28,29). The van der Waals surface area contributed by atoms with Crippen molar-refractivity contribution in [2.24, 2.45) is 7.05 Å². The number of aromatic nitrogens is 2.